The highest BCUT2D eigenvalue weighted by Gasteiger charge is 2.00. The lowest BCUT2D eigenvalue weighted by Crippen LogP contribution is -2.00. The van der Waals surface area contributed by atoms with Gasteiger partial charge in [-0.25, -0.2) is 0 Å². The third-order valence-corrected chi connectivity index (χ3v) is 2.73. The van der Waals surface area contributed by atoms with Crippen LogP contribution in [-0.2, 0) is 13.0 Å². The smallest absolute Gasteiger partial charge is 0.120 e. The molecule has 0 unspecified atom stereocenters. The maximum Gasteiger partial charge on any atom is 0.120 e. The Morgan fingerprint density at radius 2 is 1.81 bits per heavy atom. The minimum atomic E-state index is 0.708. The van der Waals surface area contributed by atoms with Crippen LogP contribution in [0.25, 0.3) is 0 Å². The van der Waals surface area contributed by atoms with E-state index in [-0.39, 0.29) is 0 Å². The first kappa shape index (κ1) is 10.5. The van der Waals surface area contributed by atoms with E-state index in [1.807, 2.05) is 22.9 Å². The van der Waals surface area contributed by atoms with Crippen LogP contribution in [-0.4, -0.2) is 4.57 Å². The van der Waals surface area contributed by atoms with E-state index >= 15 is 0 Å². The molecule has 2 aromatic rings. The van der Waals surface area contributed by atoms with Crippen molar-refractivity contribution in [3.8, 4) is 6.07 Å². The lowest BCUT2D eigenvalue weighted by Gasteiger charge is -2.05. The first-order chi connectivity index (χ1) is 7.83. The number of hydrogen-bond donors (Lipinski definition) is 0. The predicted octanol–water partition coefficient (Wildman–Crippen LogP) is 2.97. The topological polar surface area (TPSA) is 28.7 Å². The zero-order valence-corrected chi connectivity index (χ0v) is 9.35. The Bertz CT molecular complexity index is 500. The molecule has 0 spiro atoms. The highest BCUT2D eigenvalue weighted by molar-refractivity contribution is 5.26. The number of nitriles is 1. The molecule has 0 aliphatic carbocycles. The highest BCUT2D eigenvalue weighted by atomic mass is 15.0. The molecule has 2 nitrogen and oxygen atoms in total. The van der Waals surface area contributed by atoms with Gasteiger partial charge in [-0.1, -0.05) is 31.2 Å². The van der Waals surface area contributed by atoms with Gasteiger partial charge in [-0.15, -0.1) is 0 Å². The standard InChI is InChI=1S/C14H14N2/c1-2-12-5-7-13(8-6-12)11-16-9-3-4-14(16)10-15/h3-9H,2,11H2,1H3. The Kier molecular flexibility index (Phi) is 3.07. The second-order valence-corrected chi connectivity index (χ2v) is 3.80. The van der Waals surface area contributed by atoms with E-state index in [0.717, 1.165) is 13.0 Å². The van der Waals surface area contributed by atoms with Gasteiger partial charge < -0.3 is 4.57 Å². The molecule has 0 radical (unpaired) electrons. The average molecular weight is 210 g/mol. The van der Waals surface area contributed by atoms with Crippen molar-refractivity contribution in [1.29, 1.82) is 5.26 Å². The summed E-state index contributed by atoms with van der Waals surface area (Å²) < 4.78 is 1.96. The molecule has 1 aromatic heterocycles. The first-order valence-corrected chi connectivity index (χ1v) is 5.46. The molecular weight excluding hydrogens is 196 g/mol. The molecule has 0 fully saturated rings. The van der Waals surface area contributed by atoms with Crippen molar-refractivity contribution in [2.75, 3.05) is 0 Å². The molecule has 0 atom stereocenters. The van der Waals surface area contributed by atoms with Crippen molar-refractivity contribution in [3.05, 3.63) is 59.4 Å². The highest BCUT2D eigenvalue weighted by Crippen LogP contribution is 2.09. The fraction of sp³-hybridized carbons (Fsp3) is 0.214. The number of rotatable bonds is 3. The van der Waals surface area contributed by atoms with Crippen LogP contribution in [0, 0.1) is 11.3 Å². The van der Waals surface area contributed by atoms with E-state index in [2.05, 4.69) is 37.3 Å². The van der Waals surface area contributed by atoms with Crippen LogP contribution in [0.5, 0.6) is 0 Å². The number of aromatic nitrogens is 1. The molecule has 80 valence electrons. The average Bonchev–Trinajstić information content (AvgIpc) is 2.77. The molecule has 0 saturated carbocycles. The Labute approximate surface area is 95.8 Å². The minimum Gasteiger partial charge on any atom is -0.335 e. The van der Waals surface area contributed by atoms with Gasteiger partial charge in [-0.05, 0) is 29.7 Å². The van der Waals surface area contributed by atoms with Crippen LogP contribution in [0.3, 0.4) is 0 Å². The second-order valence-electron chi connectivity index (χ2n) is 3.80. The molecule has 1 aromatic carbocycles. The number of hydrogen-bond acceptors (Lipinski definition) is 1. The summed E-state index contributed by atoms with van der Waals surface area (Å²) in [5.41, 5.74) is 3.28. The van der Waals surface area contributed by atoms with E-state index in [4.69, 9.17) is 5.26 Å². The van der Waals surface area contributed by atoms with Crippen molar-refractivity contribution in [2.24, 2.45) is 0 Å². The zero-order valence-electron chi connectivity index (χ0n) is 9.35. The van der Waals surface area contributed by atoms with Crippen molar-refractivity contribution in [3.63, 3.8) is 0 Å². The van der Waals surface area contributed by atoms with Crippen molar-refractivity contribution >= 4 is 0 Å². The Balaban J connectivity index is 2.18. The summed E-state index contributed by atoms with van der Waals surface area (Å²) in [7, 11) is 0. The number of nitrogens with zero attached hydrogens (tertiary/aromatic N) is 2. The largest absolute Gasteiger partial charge is 0.335 e. The van der Waals surface area contributed by atoms with Crippen LogP contribution in [0.15, 0.2) is 42.6 Å². The zero-order chi connectivity index (χ0) is 11.4. The normalized spacial score (nSPS) is 10.0. The summed E-state index contributed by atoms with van der Waals surface area (Å²) in [6.45, 7) is 2.91. The van der Waals surface area contributed by atoms with Crippen molar-refractivity contribution in [1.82, 2.24) is 4.57 Å². The van der Waals surface area contributed by atoms with Gasteiger partial charge in [0.25, 0.3) is 0 Å². The molecule has 0 aliphatic rings. The molecule has 0 aliphatic heterocycles. The fourth-order valence-corrected chi connectivity index (χ4v) is 1.73. The summed E-state index contributed by atoms with van der Waals surface area (Å²) >= 11 is 0. The molecule has 2 heteroatoms. The monoisotopic (exact) mass is 210 g/mol. The maximum absolute atomic E-state index is 8.90. The van der Waals surface area contributed by atoms with Gasteiger partial charge >= 0.3 is 0 Å². The van der Waals surface area contributed by atoms with Crippen LogP contribution < -0.4 is 0 Å². The molecule has 16 heavy (non-hydrogen) atoms. The van der Waals surface area contributed by atoms with Gasteiger partial charge in [0, 0.05) is 12.7 Å². The summed E-state index contributed by atoms with van der Waals surface area (Å²) in [5, 5.41) is 8.90. The quantitative estimate of drug-likeness (QED) is 0.765. The van der Waals surface area contributed by atoms with Crippen LogP contribution in [0.1, 0.15) is 23.7 Å². The molecular formula is C14H14N2. The van der Waals surface area contributed by atoms with Gasteiger partial charge in [0.15, 0.2) is 0 Å². The van der Waals surface area contributed by atoms with Gasteiger partial charge in [0.2, 0.25) is 0 Å². The summed E-state index contributed by atoms with van der Waals surface area (Å²) in [5.74, 6) is 0. The Morgan fingerprint density at radius 3 is 2.44 bits per heavy atom. The molecule has 1 heterocycles. The van der Waals surface area contributed by atoms with Crippen LogP contribution in [0.2, 0.25) is 0 Å². The van der Waals surface area contributed by atoms with Crippen LogP contribution >= 0.6 is 0 Å². The number of benzene rings is 1. The molecule has 2 rings (SSSR count). The predicted molar refractivity (Wildman–Crippen MR) is 64.1 cm³/mol. The molecule has 0 saturated heterocycles. The summed E-state index contributed by atoms with van der Waals surface area (Å²) in [4.78, 5) is 0. The number of aryl methyl sites for hydroxylation is 1. The lowest BCUT2D eigenvalue weighted by molar-refractivity contribution is 0.793. The second kappa shape index (κ2) is 4.67. The first-order valence-electron chi connectivity index (χ1n) is 5.46. The molecule has 0 N–H and O–H groups in total. The van der Waals surface area contributed by atoms with Gasteiger partial charge in [0.1, 0.15) is 11.8 Å². The molecule has 0 bridgehead atoms. The lowest BCUT2D eigenvalue weighted by atomic mass is 10.1. The maximum atomic E-state index is 8.90. The van der Waals surface area contributed by atoms with Gasteiger partial charge in [-0.3, -0.25) is 0 Å². The fourth-order valence-electron chi connectivity index (χ4n) is 1.73. The third-order valence-electron chi connectivity index (χ3n) is 2.73. The van der Waals surface area contributed by atoms with E-state index in [0.29, 0.717) is 5.69 Å². The SMILES string of the molecule is CCc1ccc(Cn2cccc2C#N)cc1. The van der Waals surface area contributed by atoms with Gasteiger partial charge in [-0.2, -0.15) is 5.26 Å². The summed E-state index contributed by atoms with van der Waals surface area (Å²) in [6, 6.07) is 14.5. The van der Waals surface area contributed by atoms with E-state index < -0.39 is 0 Å². The van der Waals surface area contributed by atoms with Gasteiger partial charge in [0.05, 0.1) is 0 Å². The Hall–Kier alpha value is -2.01. The Morgan fingerprint density at radius 1 is 1.12 bits per heavy atom. The van der Waals surface area contributed by atoms with Crippen LogP contribution in [0.4, 0.5) is 0 Å². The van der Waals surface area contributed by atoms with E-state index in [1.54, 1.807) is 0 Å². The van der Waals surface area contributed by atoms with E-state index in [9.17, 15) is 0 Å². The minimum absolute atomic E-state index is 0.708. The van der Waals surface area contributed by atoms with Crippen molar-refractivity contribution in [2.45, 2.75) is 19.9 Å². The van der Waals surface area contributed by atoms with Crippen molar-refractivity contribution < 1.29 is 0 Å². The third kappa shape index (κ3) is 2.14. The van der Waals surface area contributed by atoms with E-state index in [1.165, 1.54) is 11.1 Å². The molecule has 0 amide bonds. The summed E-state index contributed by atoms with van der Waals surface area (Å²) in [6.07, 6.45) is 3.00.